The van der Waals surface area contributed by atoms with Gasteiger partial charge in [-0.3, -0.25) is 4.79 Å². The van der Waals surface area contributed by atoms with Crippen molar-refractivity contribution < 1.29 is 18.0 Å². The number of halogens is 2. The predicted octanol–water partition coefficient (Wildman–Crippen LogP) is 5.12. The first kappa shape index (κ1) is 19.4. The van der Waals surface area contributed by atoms with Crippen LogP contribution < -0.4 is 0 Å². The van der Waals surface area contributed by atoms with Gasteiger partial charge in [0.05, 0.1) is 6.54 Å². The molecule has 0 atom stereocenters. The van der Waals surface area contributed by atoms with Crippen LogP contribution >= 0.6 is 0 Å². The lowest BCUT2D eigenvalue weighted by molar-refractivity contribution is -0.128. The molecule has 25 heavy (non-hydrogen) atoms. The minimum Gasteiger partial charge on any atom is -0.544 e. The van der Waals surface area contributed by atoms with Crippen molar-refractivity contribution in [3.8, 4) is 0 Å². The zero-order chi connectivity index (χ0) is 18.8. The van der Waals surface area contributed by atoms with Gasteiger partial charge in [-0.2, -0.15) is 0 Å². The first-order valence-corrected chi connectivity index (χ1v) is 11.2. The largest absolute Gasteiger partial charge is 0.544 e. The lowest BCUT2D eigenvalue weighted by Gasteiger charge is -2.36. The summed E-state index contributed by atoms with van der Waals surface area (Å²) in [4.78, 5) is 13.7. The Morgan fingerprint density at radius 3 is 2.32 bits per heavy atom. The van der Waals surface area contributed by atoms with Crippen molar-refractivity contribution in [1.29, 1.82) is 0 Å². The molecule has 1 aliphatic heterocycles. The van der Waals surface area contributed by atoms with Crippen molar-refractivity contribution in [2.75, 3.05) is 0 Å². The third-order valence-corrected chi connectivity index (χ3v) is 9.03. The second-order valence-electron chi connectivity index (χ2n) is 7.79. The number of carbonyl (C=O) groups is 1. The van der Waals surface area contributed by atoms with E-state index in [9.17, 15) is 13.6 Å². The summed E-state index contributed by atoms with van der Waals surface area (Å²) in [5.74, 6) is -0.773. The Bertz CT molecular complexity index is 700. The average Bonchev–Trinajstić information content (AvgIpc) is 2.60. The SMILES string of the molecule is CC(C)(C)[Si](C)(C)OC1=CCC(=O)N(Cc2cc(F)cc(F)c2)C=C1. The summed E-state index contributed by atoms with van der Waals surface area (Å²) >= 11 is 0. The van der Waals surface area contributed by atoms with Crippen LogP contribution in [0.2, 0.25) is 18.1 Å². The van der Waals surface area contributed by atoms with E-state index < -0.39 is 20.0 Å². The molecule has 6 heteroatoms. The molecule has 1 aromatic rings. The van der Waals surface area contributed by atoms with Crippen LogP contribution in [0.1, 0.15) is 32.8 Å². The Morgan fingerprint density at radius 2 is 1.76 bits per heavy atom. The number of nitrogens with zero attached hydrogens (tertiary/aromatic N) is 1. The van der Waals surface area contributed by atoms with E-state index >= 15 is 0 Å². The molecule has 0 radical (unpaired) electrons. The molecule has 1 amide bonds. The number of rotatable bonds is 4. The van der Waals surface area contributed by atoms with Gasteiger partial charge in [-0.1, -0.05) is 20.8 Å². The van der Waals surface area contributed by atoms with Gasteiger partial charge in [0.1, 0.15) is 17.4 Å². The van der Waals surface area contributed by atoms with Crippen molar-refractivity contribution in [2.24, 2.45) is 0 Å². The van der Waals surface area contributed by atoms with Crippen LogP contribution in [-0.2, 0) is 15.8 Å². The van der Waals surface area contributed by atoms with Crippen LogP contribution in [0.3, 0.4) is 0 Å². The summed E-state index contributed by atoms with van der Waals surface area (Å²) in [5, 5.41) is 0.0524. The summed E-state index contributed by atoms with van der Waals surface area (Å²) in [6.07, 6.45) is 5.33. The fourth-order valence-corrected chi connectivity index (χ4v) is 3.23. The lowest BCUT2D eigenvalue weighted by atomic mass is 10.2. The molecule has 1 heterocycles. The number of carbonyl (C=O) groups excluding carboxylic acids is 1. The fourth-order valence-electron chi connectivity index (χ4n) is 2.18. The standard InChI is InChI=1S/C19H25F2NO2Si/c1-19(2,3)25(4,5)24-17-6-7-18(23)22(9-8-17)13-14-10-15(20)12-16(21)11-14/h6,8-12H,7,13H2,1-5H3. The molecule has 1 aliphatic rings. The van der Waals surface area contributed by atoms with E-state index in [1.165, 1.54) is 17.0 Å². The maximum Gasteiger partial charge on any atom is 0.250 e. The summed E-state index contributed by atoms with van der Waals surface area (Å²) in [5.41, 5.74) is 0.407. The van der Waals surface area contributed by atoms with Gasteiger partial charge in [0.25, 0.3) is 0 Å². The Labute approximate surface area is 149 Å². The normalized spacial score (nSPS) is 15.9. The van der Waals surface area contributed by atoms with Crippen LogP contribution in [0.15, 0.2) is 42.3 Å². The fraction of sp³-hybridized carbons (Fsp3) is 0.421. The summed E-state index contributed by atoms with van der Waals surface area (Å²) in [7, 11) is -2.00. The Kier molecular flexibility index (Phi) is 5.51. The molecule has 0 saturated carbocycles. The summed E-state index contributed by atoms with van der Waals surface area (Å²) in [6, 6.07) is 3.28. The number of benzene rings is 1. The Morgan fingerprint density at radius 1 is 1.16 bits per heavy atom. The van der Waals surface area contributed by atoms with Crippen LogP contribution in [0.4, 0.5) is 8.78 Å². The molecule has 2 rings (SSSR count). The van der Waals surface area contributed by atoms with Gasteiger partial charge in [-0.25, -0.2) is 8.78 Å². The second-order valence-corrected chi connectivity index (χ2v) is 12.5. The molecule has 0 unspecified atom stereocenters. The van der Waals surface area contributed by atoms with Gasteiger partial charge in [0, 0.05) is 18.7 Å². The molecule has 3 nitrogen and oxygen atoms in total. The molecule has 1 aromatic carbocycles. The van der Waals surface area contributed by atoms with Gasteiger partial charge in [-0.15, -0.1) is 0 Å². The third-order valence-electron chi connectivity index (χ3n) is 4.67. The molecule has 0 N–H and O–H groups in total. The highest BCUT2D eigenvalue weighted by Gasteiger charge is 2.39. The maximum absolute atomic E-state index is 13.3. The highest BCUT2D eigenvalue weighted by Crippen LogP contribution is 2.38. The first-order chi connectivity index (χ1) is 11.5. The number of hydrogen-bond acceptors (Lipinski definition) is 2. The van der Waals surface area contributed by atoms with Crippen LogP contribution in [0, 0.1) is 11.6 Å². The van der Waals surface area contributed by atoms with Crippen LogP contribution in [-0.4, -0.2) is 19.1 Å². The topological polar surface area (TPSA) is 29.5 Å². The molecule has 0 fully saturated rings. The quantitative estimate of drug-likeness (QED) is 0.693. The number of hydrogen-bond donors (Lipinski definition) is 0. The van der Waals surface area contributed by atoms with E-state index in [4.69, 9.17) is 4.43 Å². The summed E-state index contributed by atoms with van der Waals surface area (Å²) in [6.45, 7) is 10.8. The molecular formula is C19H25F2NO2Si. The highest BCUT2D eigenvalue weighted by molar-refractivity contribution is 6.74. The zero-order valence-corrected chi connectivity index (χ0v) is 16.4. The third kappa shape index (κ3) is 5.01. The van der Waals surface area contributed by atoms with Gasteiger partial charge >= 0.3 is 0 Å². The Balaban J connectivity index is 2.14. The van der Waals surface area contributed by atoms with E-state index in [2.05, 4.69) is 33.9 Å². The van der Waals surface area contributed by atoms with Gasteiger partial charge < -0.3 is 9.33 Å². The number of allylic oxidation sites excluding steroid dienone is 1. The first-order valence-electron chi connectivity index (χ1n) is 8.30. The van der Waals surface area contributed by atoms with Crippen molar-refractivity contribution in [2.45, 2.75) is 51.9 Å². The maximum atomic E-state index is 13.3. The van der Waals surface area contributed by atoms with Crippen molar-refractivity contribution in [1.82, 2.24) is 4.90 Å². The molecule has 0 saturated heterocycles. The molecule has 0 spiro atoms. The van der Waals surface area contributed by atoms with Gasteiger partial charge in [0.2, 0.25) is 14.2 Å². The molecule has 136 valence electrons. The van der Waals surface area contributed by atoms with Gasteiger partial charge in [0.15, 0.2) is 0 Å². The van der Waals surface area contributed by atoms with Gasteiger partial charge in [-0.05, 0) is 48.0 Å². The monoisotopic (exact) mass is 365 g/mol. The molecule has 0 bridgehead atoms. The van der Waals surface area contributed by atoms with Crippen LogP contribution in [0.5, 0.6) is 0 Å². The van der Waals surface area contributed by atoms with Crippen LogP contribution in [0.25, 0.3) is 0 Å². The van der Waals surface area contributed by atoms with E-state index in [1.807, 2.05) is 0 Å². The van der Waals surface area contributed by atoms with E-state index in [1.54, 1.807) is 18.4 Å². The zero-order valence-electron chi connectivity index (χ0n) is 15.4. The lowest BCUT2D eigenvalue weighted by Crippen LogP contribution is -2.40. The summed E-state index contributed by atoms with van der Waals surface area (Å²) < 4.78 is 32.9. The van der Waals surface area contributed by atoms with E-state index in [0.29, 0.717) is 11.3 Å². The number of amides is 1. The van der Waals surface area contributed by atoms with Crippen molar-refractivity contribution >= 4 is 14.2 Å². The minimum absolute atomic E-state index is 0.0524. The van der Waals surface area contributed by atoms with Crippen molar-refractivity contribution in [3.63, 3.8) is 0 Å². The molecule has 0 aliphatic carbocycles. The second kappa shape index (κ2) is 7.12. The Hall–Kier alpha value is -1.95. The highest BCUT2D eigenvalue weighted by atomic mass is 28.4. The smallest absolute Gasteiger partial charge is 0.250 e. The minimum atomic E-state index is -2.00. The van der Waals surface area contributed by atoms with E-state index in [-0.39, 0.29) is 23.9 Å². The predicted molar refractivity (Wildman–Crippen MR) is 97.0 cm³/mol. The molecular weight excluding hydrogens is 340 g/mol. The average molecular weight is 365 g/mol. The van der Waals surface area contributed by atoms with E-state index in [0.717, 1.165) is 6.07 Å². The molecule has 0 aromatic heterocycles. The van der Waals surface area contributed by atoms with Crippen molar-refractivity contribution in [3.05, 3.63) is 59.5 Å².